The molecule has 1 amide bonds. The number of aliphatic hydroxyl groups excluding tert-OH is 4. The second-order valence-electron chi connectivity index (χ2n) is 23.2. The fourth-order valence-electron chi connectivity index (χ4n) is 10.9. The van der Waals surface area contributed by atoms with Crippen molar-refractivity contribution in [2.75, 3.05) is 6.61 Å². The normalized spacial score (nSPS) is 13.5. The van der Waals surface area contributed by atoms with E-state index in [9.17, 15) is 25.2 Å². The lowest BCUT2D eigenvalue weighted by Crippen LogP contribution is -2.53. The minimum atomic E-state index is -1.26. The molecule has 0 aliphatic rings. The largest absolute Gasteiger partial charge is 0.394 e. The molecule has 0 aliphatic carbocycles. The van der Waals surface area contributed by atoms with E-state index in [0.29, 0.717) is 12.8 Å². The first-order valence-electron chi connectivity index (χ1n) is 32.9. The van der Waals surface area contributed by atoms with Crippen LogP contribution in [-0.2, 0) is 4.79 Å². The maximum Gasteiger partial charge on any atom is 0.249 e. The van der Waals surface area contributed by atoms with Crippen molar-refractivity contribution >= 4 is 5.91 Å². The monoisotopic (exact) mass is 1010 g/mol. The number of carbonyl (C=O) groups is 1. The second kappa shape index (κ2) is 60.2. The summed E-state index contributed by atoms with van der Waals surface area (Å²) in [4.78, 5) is 12.6. The van der Waals surface area contributed by atoms with Gasteiger partial charge in [-0.3, -0.25) is 4.79 Å². The summed E-state index contributed by atoms with van der Waals surface area (Å²) in [6, 6.07) is -0.982. The molecule has 0 saturated heterocycles. The van der Waals surface area contributed by atoms with Gasteiger partial charge in [0.2, 0.25) is 5.91 Å². The minimum absolute atomic E-state index is 0.377. The maximum absolute atomic E-state index is 12.6. The number of carbonyl (C=O) groups excluding carboxylic acids is 1. The summed E-state index contributed by atoms with van der Waals surface area (Å²) in [5.41, 5.74) is 0. The zero-order valence-electron chi connectivity index (χ0n) is 48.5. The Bertz CT molecular complexity index is 995. The summed E-state index contributed by atoms with van der Waals surface area (Å²) >= 11 is 0. The van der Waals surface area contributed by atoms with Crippen LogP contribution in [0.4, 0.5) is 0 Å². The molecular weight excluding hydrogens is 875 g/mol. The molecule has 0 rings (SSSR count). The smallest absolute Gasteiger partial charge is 0.249 e. The molecule has 0 radical (unpaired) electrons. The van der Waals surface area contributed by atoms with E-state index in [0.717, 1.165) is 38.5 Å². The van der Waals surface area contributed by atoms with Gasteiger partial charge in [-0.25, -0.2) is 0 Å². The highest BCUT2D eigenvalue weighted by Gasteiger charge is 2.28. The van der Waals surface area contributed by atoms with Crippen LogP contribution in [0, 0.1) is 0 Å². The predicted octanol–water partition coefficient (Wildman–Crippen LogP) is 19.8. The number of rotatable bonds is 62. The molecule has 0 aromatic rings. The summed E-state index contributed by atoms with van der Waals surface area (Å²) in [6.45, 7) is 4.12. The molecular formula is C65H131NO5. The Balaban J connectivity index is 3.52. The van der Waals surface area contributed by atoms with E-state index in [4.69, 9.17) is 0 Å². The number of nitrogens with one attached hydrogen (secondary N) is 1. The highest BCUT2D eigenvalue weighted by atomic mass is 16.3. The second-order valence-corrected chi connectivity index (χ2v) is 23.2. The van der Waals surface area contributed by atoms with Gasteiger partial charge in [-0.2, -0.15) is 0 Å². The lowest BCUT2D eigenvalue weighted by molar-refractivity contribution is -0.132. The van der Waals surface area contributed by atoms with Crippen LogP contribution in [0.3, 0.4) is 0 Å². The molecule has 6 nitrogen and oxygen atoms in total. The fraction of sp³-hybridized carbons (Fsp3) is 0.985. The predicted molar refractivity (Wildman–Crippen MR) is 312 cm³/mol. The average Bonchev–Trinajstić information content (AvgIpc) is 3.38. The summed E-state index contributed by atoms with van der Waals surface area (Å²) in [7, 11) is 0. The van der Waals surface area contributed by atoms with Crippen molar-refractivity contribution in [2.24, 2.45) is 0 Å². The molecule has 71 heavy (non-hydrogen) atoms. The van der Waals surface area contributed by atoms with E-state index >= 15 is 0 Å². The van der Waals surface area contributed by atoms with Crippen molar-refractivity contribution < 1.29 is 25.2 Å². The van der Waals surface area contributed by atoms with E-state index in [1.807, 2.05) is 0 Å². The van der Waals surface area contributed by atoms with Gasteiger partial charge in [0, 0.05) is 0 Å². The Morgan fingerprint density at radius 2 is 0.479 bits per heavy atom. The maximum atomic E-state index is 12.6. The van der Waals surface area contributed by atoms with Crippen molar-refractivity contribution in [3.05, 3.63) is 0 Å². The van der Waals surface area contributed by atoms with E-state index < -0.39 is 36.9 Å². The minimum Gasteiger partial charge on any atom is -0.394 e. The third-order valence-electron chi connectivity index (χ3n) is 16.1. The first-order valence-corrected chi connectivity index (χ1v) is 32.9. The summed E-state index contributed by atoms with van der Waals surface area (Å²) in [6.07, 6.45) is 72.1. The number of aliphatic hydroxyl groups is 4. The Kier molecular flexibility index (Phi) is 59.6. The first kappa shape index (κ1) is 70.3. The Hall–Kier alpha value is -0.690. The number of amides is 1. The van der Waals surface area contributed by atoms with Crippen LogP contribution in [0.25, 0.3) is 0 Å². The molecule has 0 aromatic carbocycles. The van der Waals surface area contributed by atoms with Crippen LogP contribution in [0.15, 0.2) is 0 Å². The topological polar surface area (TPSA) is 110 Å². The van der Waals surface area contributed by atoms with E-state index in [1.54, 1.807) is 0 Å². The van der Waals surface area contributed by atoms with E-state index in [2.05, 4.69) is 19.2 Å². The molecule has 0 bridgehead atoms. The van der Waals surface area contributed by atoms with Gasteiger partial charge in [0.05, 0.1) is 18.8 Å². The fourth-order valence-corrected chi connectivity index (χ4v) is 10.9. The van der Waals surface area contributed by atoms with Crippen molar-refractivity contribution in [3.63, 3.8) is 0 Å². The van der Waals surface area contributed by atoms with Gasteiger partial charge < -0.3 is 25.7 Å². The van der Waals surface area contributed by atoms with Gasteiger partial charge in [0.15, 0.2) is 0 Å². The van der Waals surface area contributed by atoms with E-state index in [-0.39, 0.29) is 0 Å². The lowest BCUT2D eigenvalue weighted by atomic mass is 9.99. The quantitative estimate of drug-likeness (QED) is 0.0390. The molecule has 0 saturated carbocycles. The SMILES string of the molecule is CCCCCCCCCCCCCCCCCCCCCCCCCCCCCCCCCC(O)C(=O)NC(CO)C(O)C(O)CCCCCCCCCCCCCCCCCCCCCCCCCC. The van der Waals surface area contributed by atoms with Crippen molar-refractivity contribution in [2.45, 2.75) is 404 Å². The molecule has 4 unspecified atom stereocenters. The molecule has 5 N–H and O–H groups in total. The Labute approximate surface area is 445 Å². The molecule has 0 aromatic heterocycles. The molecule has 426 valence electrons. The first-order chi connectivity index (χ1) is 35.0. The van der Waals surface area contributed by atoms with Crippen LogP contribution in [0.5, 0.6) is 0 Å². The molecule has 4 atom stereocenters. The zero-order chi connectivity index (χ0) is 51.6. The van der Waals surface area contributed by atoms with Crippen LogP contribution in [0.1, 0.15) is 380 Å². The zero-order valence-corrected chi connectivity index (χ0v) is 48.5. The van der Waals surface area contributed by atoms with Gasteiger partial charge >= 0.3 is 0 Å². The van der Waals surface area contributed by atoms with Gasteiger partial charge in [-0.1, -0.05) is 367 Å². The Morgan fingerprint density at radius 1 is 0.296 bits per heavy atom. The third-order valence-corrected chi connectivity index (χ3v) is 16.1. The van der Waals surface area contributed by atoms with Crippen LogP contribution in [0.2, 0.25) is 0 Å². The number of hydrogen-bond donors (Lipinski definition) is 5. The highest BCUT2D eigenvalue weighted by Crippen LogP contribution is 2.20. The average molecular weight is 1010 g/mol. The van der Waals surface area contributed by atoms with Crippen molar-refractivity contribution in [1.29, 1.82) is 0 Å². The summed E-state index contributed by atoms with van der Waals surface area (Å²) < 4.78 is 0. The van der Waals surface area contributed by atoms with Gasteiger partial charge in [0.1, 0.15) is 12.2 Å². The van der Waals surface area contributed by atoms with Crippen LogP contribution < -0.4 is 5.32 Å². The summed E-state index contributed by atoms with van der Waals surface area (Å²) in [5, 5.41) is 44.2. The Morgan fingerprint density at radius 3 is 0.676 bits per heavy atom. The third kappa shape index (κ3) is 53.9. The van der Waals surface area contributed by atoms with Gasteiger partial charge in [-0.15, -0.1) is 0 Å². The lowest BCUT2D eigenvalue weighted by Gasteiger charge is -2.27. The van der Waals surface area contributed by atoms with Gasteiger partial charge in [-0.05, 0) is 12.8 Å². The molecule has 6 heteroatoms. The molecule has 0 fully saturated rings. The molecule has 0 spiro atoms. The van der Waals surface area contributed by atoms with Crippen LogP contribution >= 0.6 is 0 Å². The van der Waals surface area contributed by atoms with Crippen molar-refractivity contribution in [1.82, 2.24) is 5.32 Å². The highest BCUT2D eigenvalue weighted by molar-refractivity contribution is 5.80. The number of hydrogen-bond acceptors (Lipinski definition) is 5. The van der Waals surface area contributed by atoms with Crippen molar-refractivity contribution in [3.8, 4) is 0 Å². The van der Waals surface area contributed by atoms with Gasteiger partial charge in [0.25, 0.3) is 0 Å². The molecule has 0 heterocycles. The van der Waals surface area contributed by atoms with Crippen LogP contribution in [-0.4, -0.2) is 57.3 Å². The standard InChI is InChI=1S/C65H131NO5/c1-3-5-7-9-11-13-15-17-19-21-23-25-27-29-30-31-32-33-34-35-37-39-41-43-45-47-49-51-53-55-57-59-63(69)65(71)66-61(60-67)64(70)62(68)58-56-54-52-50-48-46-44-42-40-38-36-28-26-24-22-20-18-16-14-12-10-8-6-4-2/h61-64,67-70H,3-60H2,1-2H3,(H,66,71). The van der Waals surface area contributed by atoms with E-state index in [1.165, 1.54) is 315 Å². The molecule has 0 aliphatic heterocycles. The number of unbranched alkanes of at least 4 members (excludes halogenated alkanes) is 53. The summed E-state index contributed by atoms with van der Waals surface area (Å²) in [5.74, 6) is -0.573.